The summed E-state index contributed by atoms with van der Waals surface area (Å²) in [7, 11) is 0. The second-order valence-corrected chi connectivity index (χ2v) is 7.55. The molecule has 0 radical (unpaired) electrons. The van der Waals surface area contributed by atoms with E-state index in [1.165, 1.54) is 24.3 Å². The van der Waals surface area contributed by atoms with Gasteiger partial charge in [0.05, 0.1) is 11.6 Å². The first kappa shape index (κ1) is 20.8. The van der Waals surface area contributed by atoms with Crippen molar-refractivity contribution < 1.29 is 22.3 Å². The van der Waals surface area contributed by atoms with Crippen LogP contribution in [-0.2, 0) is 10.3 Å². The monoisotopic (exact) mass is 405 g/mol. The van der Waals surface area contributed by atoms with E-state index in [2.05, 4.69) is 4.99 Å². The fourth-order valence-electron chi connectivity index (χ4n) is 3.45. The van der Waals surface area contributed by atoms with Gasteiger partial charge in [0.2, 0.25) is 0 Å². The van der Waals surface area contributed by atoms with E-state index in [9.17, 15) is 8.78 Å². The van der Waals surface area contributed by atoms with Gasteiger partial charge >= 0.3 is 5.92 Å². The molecule has 0 fully saturated rings. The molecular formula is C21H19F4N3O. The molecule has 1 unspecified atom stereocenters. The van der Waals surface area contributed by atoms with Crippen LogP contribution in [0.4, 0.5) is 17.6 Å². The van der Waals surface area contributed by atoms with Crippen molar-refractivity contribution in [3.63, 3.8) is 0 Å². The molecule has 2 aromatic carbocycles. The Kier molecular flexibility index (Phi) is 4.91. The summed E-state index contributed by atoms with van der Waals surface area (Å²) in [6.07, 6.45) is 0. The normalized spacial score (nSPS) is 23.0. The van der Waals surface area contributed by atoms with Crippen molar-refractivity contribution in [2.24, 2.45) is 10.7 Å². The Morgan fingerprint density at radius 2 is 1.79 bits per heavy atom. The third-order valence-electron chi connectivity index (χ3n) is 5.20. The summed E-state index contributed by atoms with van der Waals surface area (Å²) in [5, 5.41) is 9.06. The lowest BCUT2D eigenvalue weighted by molar-refractivity contribution is -0.214. The van der Waals surface area contributed by atoms with Gasteiger partial charge in [-0.2, -0.15) is 5.26 Å². The molecule has 0 amide bonds. The highest BCUT2D eigenvalue weighted by Crippen LogP contribution is 2.51. The number of nitrogens with two attached hydrogens (primary N) is 1. The number of ether oxygens (including phenoxy) is 1. The van der Waals surface area contributed by atoms with E-state index in [0.29, 0.717) is 6.07 Å². The van der Waals surface area contributed by atoms with Gasteiger partial charge in [-0.3, -0.25) is 4.99 Å². The van der Waals surface area contributed by atoms with Gasteiger partial charge in [-0.15, -0.1) is 0 Å². The maximum Gasteiger partial charge on any atom is 0.304 e. The van der Waals surface area contributed by atoms with Crippen molar-refractivity contribution in [2.45, 2.75) is 37.8 Å². The quantitative estimate of drug-likeness (QED) is 0.747. The highest BCUT2D eigenvalue weighted by Gasteiger charge is 2.64. The van der Waals surface area contributed by atoms with Crippen molar-refractivity contribution in [1.82, 2.24) is 0 Å². The third-order valence-corrected chi connectivity index (χ3v) is 5.20. The molecule has 1 heterocycles. The number of nitriles is 1. The van der Waals surface area contributed by atoms with E-state index in [-0.39, 0.29) is 29.1 Å². The molecule has 0 aliphatic carbocycles. The van der Waals surface area contributed by atoms with Crippen LogP contribution in [0.1, 0.15) is 31.9 Å². The molecule has 4 nitrogen and oxygen atoms in total. The summed E-state index contributed by atoms with van der Waals surface area (Å²) < 4.78 is 65.5. The molecule has 0 saturated heterocycles. The van der Waals surface area contributed by atoms with E-state index >= 15 is 8.78 Å². The molecular weight excluding hydrogens is 386 g/mol. The van der Waals surface area contributed by atoms with Crippen molar-refractivity contribution in [3.05, 3.63) is 59.2 Å². The van der Waals surface area contributed by atoms with Crippen LogP contribution in [0.2, 0.25) is 0 Å². The second kappa shape index (κ2) is 6.85. The minimum absolute atomic E-state index is 0.132. The molecule has 8 heteroatoms. The standard InChI is InChI=1S/C21H19F4N3O/c1-19(2)21(24,25)20(3,28-18(27)11-29-19)15-8-14(16(22)9-17(15)23)13-6-4-5-12(7-13)10-26/h4-9H,11H2,1-3H3,(H2,27,28). The van der Waals surface area contributed by atoms with Gasteiger partial charge < -0.3 is 10.5 Å². The number of hydrogen-bond donors (Lipinski definition) is 1. The summed E-state index contributed by atoms with van der Waals surface area (Å²) in [5.74, 6) is -6.05. The van der Waals surface area contributed by atoms with Crippen LogP contribution in [0, 0.1) is 23.0 Å². The summed E-state index contributed by atoms with van der Waals surface area (Å²) >= 11 is 0. The van der Waals surface area contributed by atoms with Crippen molar-refractivity contribution >= 4 is 5.84 Å². The Balaban J connectivity index is 2.29. The molecule has 2 N–H and O–H groups in total. The van der Waals surface area contributed by atoms with E-state index in [1.54, 1.807) is 0 Å². The highest BCUT2D eigenvalue weighted by atomic mass is 19.3. The molecule has 152 valence electrons. The van der Waals surface area contributed by atoms with Crippen LogP contribution in [0.5, 0.6) is 0 Å². The van der Waals surface area contributed by atoms with Gasteiger partial charge in [0, 0.05) is 17.2 Å². The van der Waals surface area contributed by atoms with Crippen molar-refractivity contribution in [2.75, 3.05) is 6.61 Å². The van der Waals surface area contributed by atoms with Crippen LogP contribution in [-0.4, -0.2) is 24.0 Å². The summed E-state index contributed by atoms with van der Waals surface area (Å²) in [6.45, 7) is 3.02. The largest absolute Gasteiger partial charge is 0.385 e. The highest BCUT2D eigenvalue weighted by molar-refractivity contribution is 5.82. The van der Waals surface area contributed by atoms with Gasteiger partial charge in [-0.1, -0.05) is 12.1 Å². The zero-order valence-electron chi connectivity index (χ0n) is 16.1. The number of aliphatic imine (C=N–C) groups is 1. The maximum atomic E-state index is 15.5. The van der Waals surface area contributed by atoms with Crippen LogP contribution < -0.4 is 5.73 Å². The predicted octanol–water partition coefficient (Wildman–Crippen LogP) is 4.52. The molecule has 3 rings (SSSR count). The first-order valence-corrected chi connectivity index (χ1v) is 8.79. The second-order valence-electron chi connectivity index (χ2n) is 7.55. The molecule has 0 spiro atoms. The zero-order valence-corrected chi connectivity index (χ0v) is 16.1. The SMILES string of the molecule is CC1(C)OCC(N)=NC(C)(c2cc(-c3cccc(C#N)c3)c(F)cc2F)C1(F)F. The Morgan fingerprint density at radius 1 is 1.10 bits per heavy atom. The van der Waals surface area contributed by atoms with Crippen LogP contribution >= 0.6 is 0 Å². The Labute approximate surface area is 165 Å². The van der Waals surface area contributed by atoms with Gasteiger partial charge in [-0.05, 0) is 44.5 Å². The number of halogens is 4. The van der Waals surface area contributed by atoms with Gasteiger partial charge in [0.15, 0.2) is 5.54 Å². The summed E-state index contributed by atoms with van der Waals surface area (Å²) in [6, 6.07) is 9.37. The first-order valence-electron chi connectivity index (χ1n) is 8.79. The Bertz CT molecular complexity index is 1040. The summed E-state index contributed by atoms with van der Waals surface area (Å²) in [4.78, 5) is 3.89. The zero-order chi connectivity index (χ0) is 21.6. The lowest BCUT2D eigenvalue weighted by Gasteiger charge is -2.42. The van der Waals surface area contributed by atoms with Crippen LogP contribution in [0.3, 0.4) is 0 Å². The number of benzene rings is 2. The lowest BCUT2D eigenvalue weighted by atomic mass is 9.77. The molecule has 0 bridgehead atoms. The minimum atomic E-state index is -3.69. The fourth-order valence-corrected chi connectivity index (χ4v) is 3.45. The number of hydrogen-bond acceptors (Lipinski definition) is 4. The van der Waals surface area contributed by atoms with Crippen molar-refractivity contribution in [1.29, 1.82) is 5.26 Å². The molecule has 2 aromatic rings. The van der Waals surface area contributed by atoms with Gasteiger partial charge in [-0.25, -0.2) is 17.6 Å². The van der Waals surface area contributed by atoms with Crippen LogP contribution in [0.15, 0.2) is 41.4 Å². The van der Waals surface area contributed by atoms with Crippen molar-refractivity contribution in [3.8, 4) is 17.2 Å². The first-order chi connectivity index (χ1) is 13.4. The topological polar surface area (TPSA) is 71.4 Å². The number of amidine groups is 1. The average Bonchev–Trinajstić information content (AvgIpc) is 2.71. The predicted molar refractivity (Wildman–Crippen MR) is 100 cm³/mol. The lowest BCUT2D eigenvalue weighted by Crippen LogP contribution is -2.56. The van der Waals surface area contributed by atoms with E-state index in [4.69, 9.17) is 15.7 Å². The van der Waals surface area contributed by atoms with E-state index in [0.717, 1.165) is 26.8 Å². The van der Waals surface area contributed by atoms with E-state index in [1.807, 2.05) is 6.07 Å². The number of rotatable bonds is 2. The van der Waals surface area contributed by atoms with E-state index < -0.39 is 34.3 Å². The van der Waals surface area contributed by atoms with Gasteiger partial charge in [0.25, 0.3) is 0 Å². The molecule has 0 aromatic heterocycles. The number of alkyl halides is 2. The maximum absolute atomic E-state index is 15.5. The minimum Gasteiger partial charge on any atom is -0.385 e. The van der Waals surface area contributed by atoms with Crippen LogP contribution in [0.25, 0.3) is 11.1 Å². The molecule has 1 aliphatic heterocycles. The fraction of sp³-hybridized carbons (Fsp3) is 0.333. The summed E-state index contributed by atoms with van der Waals surface area (Å²) in [5.41, 5.74) is 1.08. The third kappa shape index (κ3) is 3.25. The Hall–Kier alpha value is -2.92. The molecule has 0 saturated carbocycles. The average molecular weight is 405 g/mol. The van der Waals surface area contributed by atoms with Gasteiger partial charge in [0.1, 0.15) is 29.7 Å². The smallest absolute Gasteiger partial charge is 0.304 e. The number of nitrogens with zero attached hydrogens (tertiary/aromatic N) is 2. The molecule has 1 atom stereocenters. The molecule has 29 heavy (non-hydrogen) atoms. The molecule has 1 aliphatic rings. The Morgan fingerprint density at radius 3 is 2.45 bits per heavy atom.